The molecular weight excluding hydrogens is 200 g/mol. The lowest BCUT2D eigenvalue weighted by molar-refractivity contribution is -0.138. The molecule has 5 nitrogen and oxygen atoms in total. The molecule has 1 atom stereocenters. The van der Waals surface area contributed by atoms with Crippen LogP contribution in [0.5, 0.6) is 0 Å². The van der Waals surface area contributed by atoms with Crippen molar-refractivity contribution >= 4 is 5.97 Å². The summed E-state index contributed by atoms with van der Waals surface area (Å²) in [6.45, 7) is 3.89. The van der Waals surface area contributed by atoms with E-state index in [0.717, 1.165) is 6.08 Å². The van der Waals surface area contributed by atoms with E-state index in [-0.39, 0.29) is 26.4 Å². The van der Waals surface area contributed by atoms with Gasteiger partial charge in [-0.25, -0.2) is 4.79 Å². The van der Waals surface area contributed by atoms with Crippen LogP contribution >= 0.6 is 0 Å². The van der Waals surface area contributed by atoms with Gasteiger partial charge in [-0.2, -0.15) is 0 Å². The first-order valence-electron chi connectivity index (χ1n) is 4.86. The van der Waals surface area contributed by atoms with Crippen molar-refractivity contribution in [2.45, 2.75) is 18.9 Å². The molecule has 0 amide bonds. The van der Waals surface area contributed by atoms with Crippen LogP contribution in [0.3, 0.4) is 0 Å². The number of carbonyl (C=O) groups excluding carboxylic acids is 1. The average molecular weight is 218 g/mol. The van der Waals surface area contributed by atoms with Crippen molar-refractivity contribution in [1.29, 1.82) is 0 Å². The molecule has 0 rings (SSSR count). The highest BCUT2D eigenvalue weighted by atomic mass is 16.5. The first-order chi connectivity index (χ1) is 7.20. The SMILES string of the molecule is C=CC(=O)OCCCC(O)COCCO. The maximum Gasteiger partial charge on any atom is 0.330 e. The van der Waals surface area contributed by atoms with E-state index in [1.54, 1.807) is 0 Å². The lowest BCUT2D eigenvalue weighted by Gasteiger charge is -2.10. The molecule has 0 aliphatic heterocycles. The van der Waals surface area contributed by atoms with Crippen molar-refractivity contribution in [2.75, 3.05) is 26.4 Å². The number of ether oxygens (including phenoxy) is 2. The van der Waals surface area contributed by atoms with Crippen LogP contribution in [-0.4, -0.2) is 48.7 Å². The molecule has 0 aromatic heterocycles. The van der Waals surface area contributed by atoms with Crippen LogP contribution in [0.25, 0.3) is 0 Å². The van der Waals surface area contributed by atoms with Gasteiger partial charge in [-0.1, -0.05) is 6.58 Å². The normalized spacial score (nSPS) is 12.1. The van der Waals surface area contributed by atoms with E-state index < -0.39 is 12.1 Å². The van der Waals surface area contributed by atoms with Crippen molar-refractivity contribution < 1.29 is 24.5 Å². The molecule has 0 aromatic rings. The number of hydrogen-bond acceptors (Lipinski definition) is 5. The van der Waals surface area contributed by atoms with E-state index in [1.165, 1.54) is 0 Å². The third-order valence-electron chi connectivity index (χ3n) is 1.64. The number of rotatable bonds is 9. The third kappa shape index (κ3) is 9.40. The molecule has 5 heteroatoms. The maximum atomic E-state index is 10.6. The van der Waals surface area contributed by atoms with Crippen molar-refractivity contribution in [3.63, 3.8) is 0 Å². The average Bonchev–Trinajstić information content (AvgIpc) is 2.24. The van der Waals surface area contributed by atoms with Crippen LogP contribution in [0, 0.1) is 0 Å². The summed E-state index contributed by atoms with van der Waals surface area (Å²) in [6.07, 6.45) is 1.58. The Hall–Kier alpha value is -0.910. The highest BCUT2D eigenvalue weighted by Crippen LogP contribution is 1.98. The Morgan fingerprint density at radius 2 is 2.20 bits per heavy atom. The quantitative estimate of drug-likeness (QED) is 0.320. The van der Waals surface area contributed by atoms with Gasteiger partial charge >= 0.3 is 5.97 Å². The second kappa shape index (κ2) is 9.64. The minimum Gasteiger partial charge on any atom is -0.463 e. The summed E-state index contributed by atoms with van der Waals surface area (Å²) >= 11 is 0. The zero-order valence-electron chi connectivity index (χ0n) is 8.72. The van der Waals surface area contributed by atoms with Gasteiger partial charge in [-0.15, -0.1) is 0 Å². The van der Waals surface area contributed by atoms with Gasteiger partial charge in [0.2, 0.25) is 0 Å². The lowest BCUT2D eigenvalue weighted by Crippen LogP contribution is -2.17. The topological polar surface area (TPSA) is 76.0 Å². The van der Waals surface area contributed by atoms with E-state index >= 15 is 0 Å². The molecule has 0 spiro atoms. The maximum absolute atomic E-state index is 10.6. The number of aliphatic hydroxyl groups is 2. The van der Waals surface area contributed by atoms with Crippen LogP contribution < -0.4 is 0 Å². The van der Waals surface area contributed by atoms with Crippen molar-refractivity contribution in [1.82, 2.24) is 0 Å². The minimum absolute atomic E-state index is 0.0519. The standard InChI is InChI=1S/C10H18O5/c1-2-10(13)15-6-3-4-9(12)8-14-7-5-11/h2,9,11-12H,1,3-8H2. The fourth-order valence-electron chi connectivity index (χ4n) is 0.918. The van der Waals surface area contributed by atoms with Gasteiger partial charge in [0, 0.05) is 6.08 Å². The van der Waals surface area contributed by atoms with Crippen LogP contribution in [0.1, 0.15) is 12.8 Å². The van der Waals surface area contributed by atoms with Gasteiger partial charge in [0.05, 0.1) is 32.5 Å². The Morgan fingerprint density at radius 3 is 2.80 bits per heavy atom. The van der Waals surface area contributed by atoms with E-state index in [4.69, 9.17) is 14.6 Å². The first kappa shape index (κ1) is 14.1. The van der Waals surface area contributed by atoms with E-state index in [1.807, 2.05) is 0 Å². The van der Waals surface area contributed by atoms with Crippen molar-refractivity contribution in [2.24, 2.45) is 0 Å². The van der Waals surface area contributed by atoms with Crippen LogP contribution in [0.4, 0.5) is 0 Å². The summed E-state index contributed by atoms with van der Waals surface area (Å²) in [5.74, 6) is -0.457. The van der Waals surface area contributed by atoms with Gasteiger partial charge < -0.3 is 19.7 Å². The van der Waals surface area contributed by atoms with E-state index in [2.05, 4.69) is 6.58 Å². The molecule has 88 valence electrons. The second-order valence-corrected chi connectivity index (χ2v) is 2.97. The summed E-state index contributed by atoms with van der Waals surface area (Å²) in [6, 6.07) is 0. The molecule has 0 heterocycles. The summed E-state index contributed by atoms with van der Waals surface area (Å²) in [4.78, 5) is 10.6. The predicted molar refractivity (Wildman–Crippen MR) is 54.3 cm³/mol. The zero-order chi connectivity index (χ0) is 11.5. The Kier molecular flexibility index (Phi) is 9.05. The summed E-state index contributed by atoms with van der Waals surface area (Å²) < 4.78 is 9.64. The number of esters is 1. The lowest BCUT2D eigenvalue weighted by atomic mass is 10.2. The monoisotopic (exact) mass is 218 g/mol. The molecule has 0 radical (unpaired) electrons. The molecule has 0 fully saturated rings. The largest absolute Gasteiger partial charge is 0.463 e. The van der Waals surface area contributed by atoms with Crippen LogP contribution in [0.15, 0.2) is 12.7 Å². The highest BCUT2D eigenvalue weighted by molar-refractivity contribution is 5.81. The third-order valence-corrected chi connectivity index (χ3v) is 1.64. The van der Waals surface area contributed by atoms with Gasteiger partial charge in [-0.05, 0) is 12.8 Å². The molecule has 2 N–H and O–H groups in total. The molecule has 0 aromatic carbocycles. The van der Waals surface area contributed by atoms with Gasteiger partial charge in [0.25, 0.3) is 0 Å². The Balaban J connectivity index is 3.26. The highest BCUT2D eigenvalue weighted by Gasteiger charge is 2.04. The van der Waals surface area contributed by atoms with E-state index in [9.17, 15) is 9.90 Å². The fraction of sp³-hybridized carbons (Fsp3) is 0.700. The van der Waals surface area contributed by atoms with E-state index in [0.29, 0.717) is 12.8 Å². The second-order valence-electron chi connectivity index (χ2n) is 2.97. The molecule has 0 aliphatic carbocycles. The molecule has 0 bridgehead atoms. The molecule has 15 heavy (non-hydrogen) atoms. The molecule has 1 unspecified atom stereocenters. The number of aliphatic hydroxyl groups excluding tert-OH is 2. The molecular formula is C10H18O5. The Bertz CT molecular complexity index is 181. The predicted octanol–water partition coefficient (Wildman–Crippen LogP) is -0.134. The summed E-state index contributed by atoms with van der Waals surface area (Å²) in [5, 5.41) is 17.7. The summed E-state index contributed by atoms with van der Waals surface area (Å²) in [7, 11) is 0. The first-order valence-corrected chi connectivity index (χ1v) is 4.86. The minimum atomic E-state index is -0.584. The van der Waals surface area contributed by atoms with Crippen LogP contribution in [0.2, 0.25) is 0 Å². The van der Waals surface area contributed by atoms with Gasteiger partial charge in [0.15, 0.2) is 0 Å². The molecule has 0 saturated carbocycles. The van der Waals surface area contributed by atoms with Gasteiger partial charge in [-0.3, -0.25) is 0 Å². The Labute approximate surface area is 89.3 Å². The van der Waals surface area contributed by atoms with Crippen LogP contribution in [-0.2, 0) is 14.3 Å². The number of hydrogen-bond donors (Lipinski definition) is 2. The fourth-order valence-corrected chi connectivity index (χ4v) is 0.918. The van der Waals surface area contributed by atoms with Crippen molar-refractivity contribution in [3.8, 4) is 0 Å². The van der Waals surface area contributed by atoms with Crippen molar-refractivity contribution in [3.05, 3.63) is 12.7 Å². The number of carbonyl (C=O) groups is 1. The summed E-state index contributed by atoms with van der Waals surface area (Å²) in [5.41, 5.74) is 0. The molecule has 0 aliphatic rings. The van der Waals surface area contributed by atoms with Gasteiger partial charge in [0.1, 0.15) is 0 Å². The zero-order valence-corrected chi connectivity index (χ0v) is 8.72. The molecule has 0 saturated heterocycles. The Morgan fingerprint density at radius 1 is 1.47 bits per heavy atom. The smallest absolute Gasteiger partial charge is 0.330 e.